The number of sulfonamides is 1. The van der Waals surface area contributed by atoms with Gasteiger partial charge >= 0.3 is 0 Å². The molecule has 1 N–H and O–H groups in total. The van der Waals surface area contributed by atoms with Crippen LogP contribution in [0.15, 0.2) is 41.4 Å². The number of amides is 1. The number of nitrogens with one attached hydrogen (secondary N) is 1. The van der Waals surface area contributed by atoms with Gasteiger partial charge in [-0.3, -0.25) is 9.78 Å². The van der Waals surface area contributed by atoms with Crippen LogP contribution in [0, 0.1) is 11.8 Å². The molecule has 1 saturated carbocycles. The smallest absolute Gasteiger partial charge is 0.245 e. The fourth-order valence-electron chi connectivity index (χ4n) is 4.39. The highest BCUT2D eigenvalue weighted by atomic mass is 32.2. The summed E-state index contributed by atoms with van der Waals surface area (Å²) in [5.41, 5.74) is 0.0421. The maximum absolute atomic E-state index is 13.1. The van der Waals surface area contributed by atoms with E-state index in [-0.39, 0.29) is 16.7 Å². The van der Waals surface area contributed by atoms with Crippen molar-refractivity contribution in [1.29, 1.82) is 0 Å². The summed E-state index contributed by atoms with van der Waals surface area (Å²) in [6.07, 6.45) is 5.22. The first-order chi connectivity index (χ1) is 14.0. The number of rotatable bonds is 6. The summed E-state index contributed by atoms with van der Waals surface area (Å²) >= 11 is 0. The lowest BCUT2D eigenvalue weighted by Crippen LogP contribution is -2.63. The summed E-state index contributed by atoms with van der Waals surface area (Å²) < 4.78 is 33.7. The molecule has 3 aliphatic rings. The summed E-state index contributed by atoms with van der Waals surface area (Å²) in [5, 5.41) is 3.80. The molecule has 1 aromatic carbocycles. The lowest BCUT2D eigenvalue weighted by Gasteiger charge is -2.46. The van der Waals surface area contributed by atoms with Gasteiger partial charge in [0.1, 0.15) is 4.90 Å². The van der Waals surface area contributed by atoms with Gasteiger partial charge in [-0.25, -0.2) is 8.42 Å². The van der Waals surface area contributed by atoms with Crippen LogP contribution in [0.1, 0.15) is 25.7 Å². The van der Waals surface area contributed by atoms with Gasteiger partial charge in [0.05, 0.1) is 17.7 Å². The largest absolute Gasteiger partial charge is 0.372 e. The normalized spacial score (nSPS) is 23.9. The Morgan fingerprint density at radius 1 is 1.21 bits per heavy atom. The maximum Gasteiger partial charge on any atom is 0.245 e. The number of nitrogens with zero attached hydrogens (tertiary/aromatic N) is 2. The van der Waals surface area contributed by atoms with E-state index < -0.39 is 15.6 Å². The van der Waals surface area contributed by atoms with Crippen molar-refractivity contribution in [1.82, 2.24) is 14.6 Å². The van der Waals surface area contributed by atoms with E-state index in [2.05, 4.69) is 10.3 Å². The fraction of sp³-hybridized carbons (Fsp3) is 0.524. The van der Waals surface area contributed by atoms with Crippen molar-refractivity contribution in [3.05, 3.63) is 36.5 Å². The molecule has 1 amide bonds. The summed E-state index contributed by atoms with van der Waals surface area (Å²) in [4.78, 5) is 16.6. The van der Waals surface area contributed by atoms with Crippen LogP contribution < -0.4 is 5.32 Å². The number of pyridine rings is 1. The summed E-state index contributed by atoms with van der Waals surface area (Å²) in [6, 6.07) is 8.87. The van der Waals surface area contributed by atoms with Crippen molar-refractivity contribution >= 4 is 26.8 Å². The molecule has 1 atom stereocenters. The Labute approximate surface area is 170 Å². The van der Waals surface area contributed by atoms with E-state index in [1.54, 1.807) is 24.4 Å². The monoisotopic (exact) mass is 415 g/mol. The Balaban J connectivity index is 1.22. The van der Waals surface area contributed by atoms with Crippen LogP contribution in [0.4, 0.5) is 0 Å². The Hall–Kier alpha value is -2.03. The number of hydrogen-bond acceptors (Lipinski definition) is 5. The summed E-state index contributed by atoms with van der Waals surface area (Å²) in [6.45, 7) is 1.96. The molecule has 0 radical (unpaired) electrons. The molecule has 3 heterocycles. The van der Waals surface area contributed by atoms with Crippen molar-refractivity contribution in [3.8, 4) is 0 Å². The van der Waals surface area contributed by atoms with Gasteiger partial charge in [0, 0.05) is 37.6 Å². The SMILES string of the molecule is O=C(CC1COC2(C1)CN(S(=O)(=O)c1cccc3cccnc13)C2)NCC1CC1. The Morgan fingerprint density at radius 2 is 2.00 bits per heavy atom. The number of ether oxygens (including phenoxy) is 1. The molecule has 154 valence electrons. The van der Waals surface area contributed by atoms with Gasteiger partial charge in [0.25, 0.3) is 0 Å². The molecule has 1 aliphatic carbocycles. The molecule has 29 heavy (non-hydrogen) atoms. The van der Waals surface area contributed by atoms with Gasteiger partial charge in [-0.1, -0.05) is 18.2 Å². The molecule has 2 saturated heterocycles. The number of hydrogen-bond donors (Lipinski definition) is 1. The van der Waals surface area contributed by atoms with Crippen molar-refractivity contribution in [2.24, 2.45) is 11.8 Å². The second-order valence-electron chi connectivity index (χ2n) is 8.62. The van der Waals surface area contributed by atoms with E-state index in [4.69, 9.17) is 4.74 Å². The molecule has 1 spiro atoms. The fourth-order valence-corrected chi connectivity index (χ4v) is 6.15. The molecule has 1 aromatic heterocycles. The quantitative estimate of drug-likeness (QED) is 0.779. The highest BCUT2D eigenvalue weighted by Gasteiger charge is 2.54. The third-order valence-corrected chi connectivity index (χ3v) is 8.01. The van der Waals surface area contributed by atoms with Crippen molar-refractivity contribution in [3.63, 3.8) is 0 Å². The molecule has 3 fully saturated rings. The number of carbonyl (C=O) groups excluding carboxylic acids is 1. The zero-order valence-corrected chi connectivity index (χ0v) is 17.0. The van der Waals surface area contributed by atoms with Crippen molar-refractivity contribution in [2.75, 3.05) is 26.2 Å². The van der Waals surface area contributed by atoms with Gasteiger partial charge in [-0.15, -0.1) is 0 Å². The van der Waals surface area contributed by atoms with E-state index in [9.17, 15) is 13.2 Å². The number of benzene rings is 1. The number of fused-ring (bicyclic) bond motifs is 1. The molecular weight excluding hydrogens is 390 g/mol. The predicted octanol–water partition coefficient (Wildman–Crippen LogP) is 1.93. The second-order valence-corrected chi connectivity index (χ2v) is 10.5. The topological polar surface area (TPSA) is 88.6 Å². The Morgan fingerprint density at radius 3 is 2.79 bits per heavy atom. The third kappa shape index (κ3) is 3.65. The Bertz CT molecular complexity index is 1040. The maximum atomic E-state index is 13.1. The third-order valence-electron chi connectivity index (χ3n) is 6.19. The molecule has 2 aromatic rings. The lowest BCUT2D eigenvalue weighted by atomic mass is 9.87. The predicted molar refractivity (Wildman–Crippen MR) is 108 cm³/mol. The molecule has 2 aliphatic heterocycles. The number of carbonyl (C=O) groups is 1. The van der Waals surface area contributed by atoms with Crippen LogP contribution >= 0.6 is 0 Å². The average molecular weight is 416 g/mol. The Kier molecular flexibility index (Phi) is 4.60. The first-order valence-corrected chi connectivity index (χ1v) is 11.6. The molecule has 0 bridgehead atoms. The number of aromatic nitrogens is 1. The highest BCUT2D eigenvalue weighted by molar-refractivity contribution is 7.89. The minimum atomic E-state index is -3.63. The van der Waals surface area contributed by atoms with Gasteiger partial charge in [0.2, 0.25) is 15.9 Å². The van der Waals surface area contributed by atoms with Gasteiger partial charge < -0.3 is 10.1 Å². The van der Waals surface area contributed by atoms with Crippen LogP contribution in [0.25, 0.3) is 10.9 Å². The lowest BCUT2D eigenvalue weighted by molar-refractivity contribution is -0.122. The van der Waals surface area contributed by atoms with E-state index in [1.165, 1.54) is 17.1 Å². The molecular formula is C21H25N3O4S. The van der Waals surface area contributed by atoms with Crippen LogP contribution in [-0.2, 0) is 19.6 Å². The minimum Gasteiger partial charge on any atom is -0.372 e. The average Bonchev–Trinajstić information content (AvgIpc) is 3.42. The van der Waals surface area contributed by atoms with Crippen molar-refractivity contribution in [2.45, 2.75) is 36.2 Å². The van der Waals surface area contributed by atoms with Gasteiger partial charge in [-0.05, 0) is 43.2 Å². The summed E-state index contributed by atoms with van der Waals surface area (Å²) in [7, 11) is -3.63. The first-order valence-electron chi connectivity index (χ1n) is 10.2. The second kappa shape index (κ2) is 7.04. The van der Waals surface area contributed by atoms with Crippen molar-refractivity contribution < 1.29 is 17.9 Å². The minimum absolute atomic E-state index is 0.0770. The molecule has 7 nitrogen and oxygen atoms in total. The summed E-state index contributed by atoms with van der Waals surface area (Å²) in [5.74, 6) is 0.894. The van der Waals surface area contributed by atoms with E-state index in [0.29, 0.717) is 37.6 Å². The van der Waals surface area contributed by atoms with Gasteiger partial charge in [-0.2, -0.15) is 4.31 Å². The molecule has 1 unspecified atom stereocenters. The first kappa shape index (κ1) is 19.0. The van der Waals surface area contributed by atoms with E-state index in [0.717, 1.165) is 18.4 Å². The molecule has 8 heteroatoms. The van der Waals surface area contributed by atoms with Crippen LogP contribution in [0.3, 0.4) is 0 Å². The standard InChI is InChI=1S/C21H25N3O4S/c25-19(23-11-15-6-7-15)9-16-10-21(28-12-16)13-24(14-21)29(26,27)18-5-1-3-17-4-2-8-22-20(17)18/h1-5,8,15-16H,6-7,9-14H2,(H,23,25). The highest BCUT2D eigenvalue weighted by Crippen LogP contribution is 2.42. The number of para-hydroxylation sites is 1. The van der Waals surface area contributed by atoms with Crippen LogP contribution in [0.5, 0.6) is 0 Å². The van der Waals surface area contributed by atoms with E-state index >= 15 is 0 Å². The van der Waals surface area contributed by atoms with Crippen LogP contribution in [-0.4, -0.2) is 55.5 Å². The van der Waals surface area contributed by atoms with Gasteiger partial charge in [0.15, 0.2) is 0 Å². The van der Waals surface area contributed by atoms with E-state index in [1.807, 2.05) is 12.1 Å². The molecule has 5 rings (SSSR count). The van der Waals surface area contributed by atoms with Crippen LogP contribution in [0.2, 0.25) is 0 Å². The zero-order chi connectivity index (χ0) is 20.1. The zero-order valence-electron chi connectivity index (χ0n) is 16.2.